The number of phenols is 1. The zero-order valence-corrected chi connectivity index (χ0v) is 16.3. The topological polar surface area (TPSA) is 77.4 Å². The van der Waals surface area contributed by atoms with Crippen molar-refractivity contribution in [3.05, 3.63) is 41.5 Å². The second kappa shape index (κ2) is 9.92. The van der Waals surface area contributed by atoms with Gasteiger partial charge in [-0.2, -0.15) is 0 Å². The van der Waals surface area contributed by atoms with Gasteiger partial charge >= 0.3 is 0 Å². The Bertz CT molecular complexity index is 718. The summed E-state index contributed by atoms with van der Waals surface area (Å²) in [4.78, 5) is 0. The van der Waals surface area contributed by atoms with Crippen LogP contribution < -0.4 is 18.9 Å². The van der Waals surface area contributed by atoms with Crippen molar-refractivity contribution in [1.82, 2.24) is 0 Å². The Morgan fingerprint density at radius 3 is 2.04 bits per heavy atom. The normalized spacial score (nSPS) is 11.7. The minimum absolute atomic E-state index is 0.0376. The number of phenolic OH excluding ortho intramolecular Hbond substituents is 1. The molecule has 0 aliphatic rings. The van der Waals surface area contributed by atoms with Crippen LogP contribution in [-0.4, -0.2) is 38.1 Å². The fourth-order valence-electron chi connectivity index (χ4n) is 2.89. The molecule has 0 amide bonds. The first-order valence-electron chi connectivity index (χ1n) is 8.97. The summed E-state index contributed by atoms with van der Waals surface area (Å²) in [5, 5.41) is 19.1. The molecule has 1 unspecified atom stereocenters. The number of ether oxygens (including phenoxy) is 4. The Kier molecular flexibility index (Phi) is 7.61. The molecule has 0 aliphatic carbocycles. The maximum Gasteiger partial charge on any atom is 0.200 e. The summed E-state index contributed by atoms with van der Waals surface area (Å²) in [6, 6.07) is 9.26. The lowest BCUT2D eigenvalue weighted by atomic mass is 10.0. The highest BCUT2D eigenvalue weighted by atomic mass is 16.5. The molecule has 6 nitrogen and oxygen atoms in total. The Balaban J connectivity index is 2.31. The monoisotopic (exact) mass is 376 g/mol. The molecule has 0 heterocycles. The van der Waals surface area contributed by atoms with E-state index in [-0.39, 0.29) is 18.5 Å². The standard InChI is InChI=1S/C21H28O6/c1-5-16(15-12-19(25-3)21(23)20(13-15)26-4)27-17-9-8-14(7-6-10-22)11-18(17)24-2/h8-9,11-13,16,22-23H,5-7,10H2,1-4H3. The average Bonchev–Trinajstić information content (AvgIpc) is 2.71. The molecule has 2 aromatic carbocycles. The molecule has 0 fully saturated rings. The third kappa shape index (κ3) is 4.98. The summed E-state index contributed by atoms with van der Waals surface area (Å²) in [7, 11) is 4.59. The van der Waals surface area contributed by atoms with Crippen LogP contribution >= 0.6 is 0 Å². The predicted octanol–water partition coefficient (Wildman–Crippen LogP) is 3.87. The SMILES string of the molecule is CCC(Oc1ccc(CCCO)cc1OC)c1cc(OC)c(O)c(OC)c1. The van der Waals surface area contributed by atoms with Gasteiger partial charge < -0.3 is 29.2 Å². The first-order valence-corrected chi connectivity index (χ1v) is 8.97. The zero-order chi connectivity index (χ0) is 19.8. The van der Waals surface area contributed by atoms with Crippen molar-refractivity contribution >= 4 is 0 Å². The summed E-state index contributed by atoms with van der Waals surface area (Å²) in [6.45, 7) is 2.17. The zero-order valence-electron chi connectivity index (χ0n) is 16.3. The van der Waals surface area contributed by atoms with Crippen LogP contribution in [0.1, 0.15) is 37.0 Å². The van der Waals surface area contributed by atoms with Crippen molar-refractivity contribution in [3.63, 3.8) is 0 Å². The van der Waals surface area contributed by atoms with Crippen LogP contribution in [0.4, 0.5) is 0 Å². The van der Waals surface area contributed by atoms with Crippen molar-refractivity contribution in [3.8, 4) is 28.7 Å². The minimum atomic E-state index is -0.273. The smallest absolute Gasteiger partial charge is 0.200 e. The fraction of sp³-hybridized carbons (Fsp3) is 0.429. The van der Waals surface area contributed by atoms with Crippen molar-refractivity contribution in [2.24, 2.45) is 0 Å². The number of aromatic hydroxyl groups is 1. The van der Waals surface area contributed by atoms with Gasteiger partial charge in [0.2, 0.25) is 5.75 Å². The molecule has 0 saturated carbocycles. The van der Waals surface area contributed by atoms with E-state index in [4.69, 9.17) is 24.1 Å². The number of hydrogen-bond acceptors (Lipinski definition) is 6. The molecular weight excluding hydrogens is 348 g/mol. The van der Waals surface area contributed by atoms with E-state index in [1.54, 1.807) is 19.2 Å². The van der Waals surface area contributed by atoms with E-state index >= 15 is 0 Å². The van der Waals surface area contributed by atoms with E-state index in [1.807, 2.05) is 25.1 Å². The molecule has 1 atom stereocenters. The number of rotatable bonds is 10. The van der Waals surface area contributed by atoms with Gasteiger partial charge in [0.15, 0.2) is 23.0 Å². The summed E-state index contributed by atoms with van der Waals surface area (Å²) >= 11 is 0. The number of aliphatic hydroxyl groups excluding tert-OH is 1. The van der Waals surface area contributed by atoms with Crippen LogP contribution in [0.3, 0.4) is 0 Å². The molecule has 2 N–H and O–H groups in total. The van der Waals surface area contributed by atoms with Gasteiger partial charge in [-0.3, -0.25) is 0 Å². The van der Waals surface area contributed by atoms with Gasteiger partial charge in [0, 0.05) is 6.61 Å². The van der Waals surface area contributed by atoms with E-state index < -0.39 is 0 Å². The van der Waals surface area contributed by atoms with Crippen molar-refractivity contribution in [2.75, 3.05) is 27.9 Å². The van der Waals surface area contributed by atoms with Gasteiger partial charge in [0.25, 0.3) is 0 Å². The van der Waals surface area contributed by atoms with Crippen LogP contribution in [0.15, 0.2) is 30.3 Å². The maximum absolute atomic E-state index is 10.1. The molecule has 0 saturated heterocycles. The Morgan fingerprint density at radius 2 is 1.52 bits per heavy atom. The average molecular weight is 376 g/mol. The van der Waals surface area contributed by atoms with E-state index in [1.165, 1.54) is 14.2 Å². The predicted molar refractivity (Wildman–Crippen MR) is 103 cm³/mol. The molecule has 6 heteroatoms. The molecule has 2 aromatic rings. The highest BCUT2D eigenvalue weighted by molar-refractivity contribution is 5.53. The van der Waals surface area contributed by atoms with Crippen LogP contribution in [0.5, 0.6) is 28.7 Å². The van der Waals surface area contributed by atoms with Crippen molar-refractivity contribution in [1.29, 1.82) is 0 Å². The highest BCUT2D eigenvalue weighted by Crippen LogP contribution is 2.41. The lowest BCUT2D eigenvalue weighted by Crippen LogP contribution is -2.08. The Labute approximate surface area is 160 Å². The third-order valence-corrected chi connectivity index (χ3v) is 4.37. The van der Waals surface area contributed by atoms with Crippen LogP contribution in [0.2, 0.25) is 0 Å². The van der Waals surface area contributed by atoms with Gasteiger partial charge in [-0.25, -0.2) is 0 Å². The maximum atomic E-state index is 10.1. The molecule has 0 radical (unpaired) electrons. The van der Waals surface area contributed by atoms with Crippen LogP contribution in [0.25, 0.3) is 0 Å². The lowest BCUT2D eigenvalue weighted by molar-refractivity contribution is 0.191. The number of methoxy groups -OCH3 is 3. The largest absolute Gasteiger partial charge is 0.502 e. The first-order chi connectivity index (χ1) is 13.1. The molecule has 2 rings (SSSR count). The number of benzene rings is 2. The minimum Gasteiger partial charge on any atom is -0.502 e. The molecule has 27 heavy (non-hydrogen) atoms. The third-order valence-electron chi connectivity index (χ3n) is 4.37. The molecular formula is C21H28O6. The number of aryl methyl sites for hydroxylation is 1. The quantitative estimate of drug-likeness (QED) is 0.655. The van der Waals surface area contributed by atoms with Gasteiger partial charge in [0.1, 0.15) is 6.10 Å². The van der Waals surface area contributed by atoms with Crippen molar-refractivity contribution < 1.29 is 29.2 Å². The van der Waals surface area contributed by atoms with Crippen molar-refractivity contribution in [2.45, 2.75) is 32.3 Å². The molecule has 0 aliphatic heterocycles. The molecule has 0 spiro atoms. The second-order valence-electron chi connectivity index (χ2n) is 6.10. The van der Waals surface area contributed by atoms with Crippen LogP contribution in [0, 0.1) is 0 Å². The summed E-state index contributed by atoms with van der Waals surface area (Å²) < 4.78 is 22.2. The van der Waals surface area contributed by atoms with Gasteiger partial charge in [-0.15, -0.1) is 0 Å². The Morgan fingerprint density at radius 1 is 0.889 bits per heavy atom. The summed E-state index contributed by atoms with van der Waals surface area (Å²) in [6.07, 6.45) is 1.91. The van der Waals surface area contributed by atoms with E-state index in [2.05, 4.69) is 0 Å². The van der Waals surface area contributed by atoms with E-state index in [0.717, 1.165) is 17.5 Å². The molecule has 0 aromatic heterocycles. The second-order valence-corrected chi connectivity index (χ2v) is 6.10. The Hall–Kier alpha value is -2.60. The molecule has 0 bridgehead atoms. The summed E-state index contributed by atoms with van der Waals surface area (Å²) in [5.41, 5.74) is 1.91. The highest BCUT2D eigenvalue weighted by Gasteiger charge is 2.19. The van der Waals surface area contributed by atoms with Gasteiger partial charge in [-0.1, -0.05) is 13.0 Å². The fourth-order valence-corrected chi connectivity index (χ4v) is 2.89. The lowest BCUT2D eigenvalue weighted by Gasteiger charge is -2.21. The first kappa shape index (κ1) is 20.7. The molecule has 148 valence electrons. The number of hydrogen-bond donors (Lipinski definition) is 2. The van der Waals surface area contributed by atoms with Crippen LogP contribution in [-0.2, 0) is 6.42 Å². The summed E-state index contributed by atoms with van der Waals surface area (Å²) in [5.74, 6) is 1.89. The number of aliphatic hydroxyl groups is 1. The van der Waals surface area contributed by atoms with Gasteiger partial charge in [0.05, 0.1) is 21.3 Å². The van der Waals surface area contributed by atoms with E-state index in [0.29, 0.717) is 35.8 Å². The van der Waals surface area contributed by atoms with Gasteiger partial charge in [-0.05, 0) is 54.7 Å². The van der Waals surface area contributed by atoms with E-state index in [9.17, 15) is 5.11 Å².